The maximum Gasteiger partial charge on any atom is 0.410 e. The van der Waals surface area contributed by atoms with Crippen LogP contribution in [0.25, 0.3) is 0 Å². The zero-order valence-electron chi connectivity index (χ0n) is 17.4. The summed E-state index contributed by atoms with van der Waals surface area (Å²) in [6.07, 6.45) is 10.2. The Labute approximate surface area is 182 Å². The van der Waals surface area contributed by atoms with Crippen LogP contribution in [-0.4, -0.2) is 30.2 Å². The van der Waals surface area contributed by atoms with Crippen molar-refractivity contribution < 1.29 is 9.53 Å². The van der Waals surface area contributed by atoms with E-state index < -0.39 is 0 Å². The molecule has 4 saturated carbocycles. The van der Waals surface area contributed by atoms with E-state index in [1.54, 1.807) is 0 Å². The van der Waals surface area contributed by atoms with Gasteiger partial charge in [0, 0.05) is 23.0 Å². The van der Waals surface area contributed by atoms with Crippen LogP contribution in [0, 0.1) is 23.7 Å². The molecule has 1 amide bonds. The molecule has 1 spiro atoms. The quantitative estimate of drug-likeness (QED) is 0.498. The van der Waals surface area contributed by atoms with Gasteiger partial charge >= 0.3 is 6.09 Å². The average molecular weight is 458 g/mol. The fraction of sp³-hybridized carbons (Fsp3) is 0.720. The van der Waals surface area contributed by atoms with E-state index in [0.717, 1.165) is 37.8 Å². The van der Waals surface area contributed by atoms with Crippen LogP contribution in [0.4, 0.5) is 4.79 Å². The minimum atomic E-state index is -0.0317. The van der Waals surface area contributed by atoms with Crippen molar-refractivity contribution in [2.75, 3.05) is 13.1 Å². The number of fused-ring (bicyclic) bond motifs is 2. The van der Waals surface area contributed by atoms with Crippen molar-refractivity contribution in [3.63, 3.8) is 0 Å². The molecule has 1 atom stereocenters. The van der Waals surface area contributed by atoms with Gasteiger partial charge in [-0.1, -0.05) is 35.0 Å². The minimum absolute atomic E-state index is 0.0317. The first-order valence-corrected chi connectivity index (χ1v) is 12.6. The zero-order valence-corrected chi connectivity index (χ0v) is 19.0. The van der Waals surface area contributed by atoms with Crippen molar-refractivity contribution in [2.24, 2.45) is 23.7 Å². The molecule has 6 aliphatic rings. The molecule has 4 bridgehead atoms. The lowest BCUT2D eigenvalue weighted by atomic mass is 9.55. The molecule has 1 heterocycles. The van der Waals surface area contributed by atoms with E-state index in [2.05, 4.69) is 41.1 Å². The number of amides is 1. The van der Waals surface area contributed by atoms with Gasteiger partial charge in [-0.2, -0.15) is 0 Å². The summed E-state index contributed by atoms with van der Waals surface area (Å²) < 4.78 is 7.46. The number of hydrogen-bond acceptors (Lipinski definition) is 2. The summed E-state index contributed by atoms with van der Waals surface area (Å²) in [6, 6.07) is 6.65. The van der Waals surface area contributed by atoms with Crippen molar-refractivity contribution in [2.45, 2.75) is 75.7 Å². The van der Waals surface area contributed by atoms with Crippen LogP contribution in [-0.2, 0) is 10.2 Å². The van der Waals surface area contributed by atoms with Gasteiger partial charge in [-0.3, -0.25) is 0 Å². The minimum Gasteiger partial charge on any atom is -0.446 e. The second-order valence-corrected chi connectivity index (χ2v) is 11.7. The highest BCUT2D eigenvalue weighted by Crippen LogP contribution is 2.56. The van der Waals surface area contributed by atoms with Crippen molar-refractivity contribution in [3.8, 4) is 0 Å². The smallest absolute Gasteiger partial charge is 0.410 e. The van der Waals surface area contributed by atoms with E-state index in [4.69, 9.17) is 4.74 Å². The molecule has 0 N–H and O–H groups in total. The van der Waals surface area contributed by atoms with Gasteiger partial charge in [-0.05, 0) is 98.1 Å². The van der Waals surface area contributed by atoms with Crippen LogP contribution in [0.5, 0.6) is 0 Å². The summed E-state index contributed by atoms with van der Waals surface area (Å²) in [5.74, 6) is 3.74. The maximum absolute atomic E-state index is 13.1. The van der Waals surface area contributed by atoms with Gasteiger partial charge in [-0.15, -0.1) is 0 Å². The number of hydrogen-bond donors (Lipinski definition) is 0. The molecule has 5 aliphatic carbocycles. The Morgan fingerprint density at radius 3 is 2.38 bits per heavy atom. The van der Waals surface area contributed by atoms with Gasteiger partial charge in [0.15, 0.2) is 0 Å². The lowest BCUT2D eigenvalue weighted by Crippen LogP contribution is -2.52. The zero-order chi connectivity index (χ0) is 19.8. The molecule has 156 valence electrons. The first kappa shape index (κ1) is 18.7. The Kier molecular flexibility index (Phi) is 4.35. The standard InChI is InChI=1S/C25H32BrNO2/c1-15-14-25(22-20(15)3-2-4-21(22)26)5-7-27(8-6-25)24(28)29-23-18-10-16-9-17(12-18)13-19(23)11-16/h2-4,15-19,23H,5-14H2,1H3. The number of halogens is 1. The van der Waals surface area contributed by atoms with Crippen molar-refractivity contribution in [1.82, 2.24) is 4.90 Å². The molecule has 0 aromatic heterocycles. The third-order valence-electron chi connectivity index (χ3n) is 9.16. The van der Waals surface area contributed by atoms with Crippen LogP contribution in [0.15, 0.2) is 22.7 Å². The molecule has 1 unspecified atom stereocenters. The van der Waals surface area contributed by atoms with E-state index in [9.17, 15) is 4.79 Å². The van der Waals surface area contributed by atoms with Crippen LogP contribution < -0.4 is 0 Å². The Hall–Kier alpha value is -1.03. The highest BCUT2D eigenvalue weighted by Gasteiger charge is 2.51. The Morgan fingerprint density at radius 1 is 1.07 bits per heavy atom. The molecule has 5 fully saturated rings. The Morgan fingerprint density at radius 2 is 1.72 bits per heavy atom. The van der Waals surface area contributed by atoms with Gasteiger partial charge in [0.25, 0.3) is 0 Å². The third-order valence-corrected chi connectivity index (χ3v) is 9.82. The SMILES string of the molecule is CC1CC2(CCN(C(=O)OC3C4CC5CC(C4)CC3C5)CC2)c2c(Br)cccc21. The molecule has 0 radical (unpaired) electrons. The van der Waals surface area contributed by atoms with E-state index in [1.807, 2.05) is 4.90 Å². The highest BCUT2D eigenvalue weighted by atomic mass is 79.9. The predicted octanol–water partition coefficient (Wildman–Crippen LogP) is 6.25. The molecule has 1 aromatic rings. The topological polar surface area (TPSA) is 29.5 Å². The molecule has 7 rings (SSSR count). The largest absolute Gasteiger partial charge is 0.446 e. The molecular formula is C25H32BrNO2. The first-order chi connectivity index (χ1) is 14.0. The lowest BCUT2D eigenvalue weighted by Gasteiger charge is -2.53. The summed E-state index contributed by atoms with van der Waals surface area (Å²) >= 11 is 3.83. The van der Waals surface area contributed by atoms with Crippen LogP contribution >= 0.6 is 15.9 Å². The number of rotatable bonds is 1. The van der Waals surface area contributed by atoms with Crippen LogP contribution in [0.1, 0.15) is 75.3 Å². The van der Waals surface area contributed by atoms with Gasteiger partial charge in [0.2, 0.25) is 0 Å². The number of carbonyl (C=O) groups excluding carboxylic acids is 1. The fourth-order valence-corrected chi connectivity index (χ4v) is 8.94. The molecular weight excluding hydrogens is 426 g/mol. The number of nitrogens with zero attached hydrogens (tertiary/aromatic N) is 1. The fourth-order valence-electron chi connectivity index (χ4n) is 8.14. The summed E-state index contributed by atoms with van der Waals surface area (Å²) in [4.78, 5) is 15.1. The van der Waals surface area contributed by atoms with Gasteiger partial charge in [0.05, 0.1) is 0 Å². The average Bonchev–Trinajstić information content (AvgIpc) is 2.97. The van der Waals surface area contributed by atoms with E-state index in [1.165, 1.54) is 54.1 Å². The predicted molar refractivity (Wildman–Crippen MR) is 117 cm³/mol. The Balaban J connectivity index is 1.14. The molecule has 29 heavy (non-hydrogen) atoms. The summed E-state index contributed by atoms with van der Waals surface area (Å²) in [5, 5.41) is 0. The third kappa shape index (κ3) is 2.91. The second-order valence-electron chi connectivity index (χ2n) is 10.9. The summed E-state index contributed by atoms with van der Waals surface area (Å²) in [7, 11) is 0. The first-order valence-electron chi connectivity index (χ1n) is 11.8. The number of benzene rings is 1. The van der Waals surface area contributed by atoms with E-state index in [0.29, 0.717) is 17.8 Å². The van der Waals surface area contributed by atoms with E-state index >= 15 is 0 Å². The number of ether oxygens (including phenoxy) is 1. The highest BCUT2D eigenvalue weighted by molar-refractivity contribution is 9.10. The molecule has 1 aromatic carbocycles. The molecule has 4 heteroatoms. The van der Waals surface area contributed by atoms with Gasteiger partial charge in [-0.25, -0.2) is 4.79 Å². The summed E-state index contributed by atoms with van der Waals surface area (Å²) in [6.45, 7) is 4.02. The number of likely N-dealkylation sites (tertiary alicyclic amines) is 1. The monoisotopic (exact) mass is 457 g/mol. The van der Waals surface area contributed by atoms with E-state index in [-0.39, 0.29) is 17.6 Å². The molecule has 1 aliphatic heterocycles. The summed E-state index contributed by atoms with van der Waals surface area (Å²) in [5.41, 5.74) is 3.25. The Bertz CT molecular complexity index is 800. The molecule has 3 nitrogen and oxygen atoms in total. The van der Waals surface area contributed by atoms with Gasteiger partial charge < -0.3 is 9.64 Å². The molecule has 1 saturated heterocycles. The van der Waals surface area contributed by atoms with Crippen molar-refractivity contribution in [1.29, 1.82) is 0 Å². The number of carbonyl (C=O) groups is 1. The van der Waals surface area contributed by atoms with Crippen molar-refractivity contribution >= 4 is 22.0 Å². The van der Waals surface area contributed by atoms with Gasteiger partial charge in [0.1, 0.15) is 6.10 Å². The van der Waals surface area contributed by atoms with Crippen molar-refractivity contribution in [3.05, 3.63) is 33.8 Å². The lowest BCUT2D eigenvalue weighted by molar-refractivity contribution is -0.103. The normalized spacial score (nSPS) is 39.0. The second kappa shape index (κ2) is 6.73. The van der Waals surface area contributed by atoms with Crippen LogP contribution in [0.2, 0.25) is 0 Å². The number of piperidine rings is 1. The van der Waals surface area contributed by atoms with Crippen LogP contribution in [0.3, 0.4) is 0 Å². The maximum atomic E-state index is 13.1.